The lowest BCUT2D eigenvalue weighted by atomic mass is 10.1. The average molecular weight is 268 g/mol. The molecule has 0 heterocycles. The van der Waals surface area contributed by atoms with Crippen LogP contribution in [0, 0.1) is 12.3 Å². The van der Waals surface area contributed by atoms with Crippen LogP contribution in [0.2, 0.25) is 0 Å². The van der Waals surface area contributed by atoms with Crippen LogP contribution in [0.5, 0.6) is 0 Å². The maximum Gasteiger partial charge on any atom is 0.239 e. The smallest absolute Gasteiger partial charge is 0.239 e. The molecule has 6 heteroatoms. The second kappa shape index (κ2) is 7.77. The quantitative estimate of drug-likeness (QED) is 0.572. The first-order valence-electron chi connectivity index (χ1n) is 6.11. The summed E-state index contributed by atoms with van der Waals surface area (Å²) in [7, 11) is 3.47. The Morgan fingerprint density at radius 3 is 2.42 bits per heavy atom. The molecule has 0 unspecified atom stereocenters. The van der Waals surface area contributed by atoms with Gasteiger partial charge in [0.15, 0.2) is 0 Å². The van der Waals surface area contributed by atoms with Crippen LogP contribution in [0.4, 0.5) is 0 Å². The molecule has 19 heavy (non-hydrogen) atoms. The molecule has 0 rings (SSSR count). The van der Waals surface area contributed by atoms with E-state index in [2.05, 4.69) is 11.2 Å². The molecule has 6 nitrogen and oxygen atoms in total. The Balaban J connectivity index is 3.95. The Morgan fingerprint density at radius 2 is 1.95 bits per heavy atom. The Hall–Kier alpha value is -1.58. The van der Waals surface area contributed by atoms with E-state index in [0.717, 1.165) is 0 Å². The number of carbonyl (C=O) groups excluding carboxylic acids is 2. The third-order valence-corrected chi connectivity index (χ3v) is 2.52. The molecule has 108 valence electrons. The lowest BCUT2D eigenvalue weighted by Gasteiger charge is -2.22. The van der Waals surface area contributed by atoms with Crippen molar-refractivity contribution in [3.8, 4) is 12.3 Å². The zero-order valence-electron chi connectivity index (χ0n) is 12.2. The topological polar surface area (TPSA) is 78.7 Å². The Bertz CT molecular complexity index is 355. The van der Waals surface area contributed by atoms with Gasteiger partial charge in [-0.05, 0) is 20.9 Å². The van der Waals surface area contributed by atoms with Crippen molar-refractivity contribution >= 4 is 11.8 Å². The number of likely N-dealkylation sites (N-methyl/N-ethyl adjacent to an activating group) is 2. The van der Waals surface area contributed by atoms with Crippen LogP contribution in [0.3, 0.4) is 0 Å². The maximum absolute atomic E-state index is 11.7. The van der Waals surface area contributed by atoms with Crippen molar-refractivity contribution in [2.24, 2.45) is 5.73 Å². The number of terminal acetylenes is 1. The molecular weight excluding hydrogens is 244 g/mol. The summed E-state index contributed by atoms with van der Waals surface area (Å²) in [5, 5.41) is 2.72. The van der Waals surface area contributed by atoms with Gasteiger partial charge in [-0.1, -0.05) is 5.92 Å². The summed E-state index contributed by atoms with van der Waals surface area (Å²) < 4.78 is 0. The molecule has 0 saturated heterocycles. The first kappa shape index (κ1) is 17.4. The van der Waals surface area contributed by atoms with Crippen LogP contribution in [-0.2, 0) is 9.59 Å². The summed E-state index contributed by atoms with van der Waals surface area (Å²) in [5.74, 6) is 2.15. The highest BCUT2D eigenvalue weighted by molar-refractivity contribution is 5.85. The van der Waals surface area contributed by atoms with Crippen LogP contribution in [0.15, 0.2) is 0 Å². The number of nitrogens with zero attached hydrogens (tertiary/aromatic N) is 2. The minimum Gasteiger partial charge on any atom is -0.353 e. The normalized spacial score (nSPS) is 11.0. The van der Waals surface area contributed by atoms with E-state index in [1.165, 1.54) is 4.90 Å². The molecule has 0 saturated carbocycles. The largest absolute Gasteiger partial charge is 0.353 e. The highest BCUT2D eigenvalue weighted by atomic mass is 16.2. The van der Waals surface area contributed by atoms with Gasteiger partial charge in [-0.2, -0.15) is 0 Å². The van der Waals surface area contributed by atoms with E-state index < -0.39 is 5.54 Å². The van der Waals surface area contributed by atoms with E-state index in [1.54, 1.807) is 27.9 Å². The number of hydrogen-bond donors (Lipinski definition) is 2. The van der Waals surface area contributed by atoms with Gasteiger partial charge in [-0.15, -0.1) is 6.42 Å². The molecule has 0 aliphatic rings. The minimum atomic E-state index is -0.887. The van der Waals surface area contributed by atoms with E-state index in [-0.39, 0.29) is 18.4 Å². The predicted octanol–water partition coefficient (Wildman–Crippen LogP) is -1.14. The second-order valence-corrected chi connectivity index (χ2v) is 5.17. The first-order chi connectivity index (χ1) is 8.68. The van der Waals surface area contributed by atoms with E-state index in [1.807, 2.05) is 4.90 Å². The van der Waals surface area contributed by atoms with Crippen LogP contribution < -0.4 is 11.1 Å². The molecule has 0 radical (unpaired) electrons. The molecule has 0 atom stereocenters. The summed E-state index contributed by atoms with van der Waals surface area (Å²) in [6.45, 7) is 4.86. The number of hydrogen-bond acceptors (Lipinski definition) is 4. The van der Waals surface area contributed by atoms with Crippen LogP contribution in [-0.4, -0.2) is 67.4 Å². The number of rotatable bonds is 7. The van der Waals surface area contributed by atoms with Crippen LogP contribution >= 0.6 is 0 Å². The lowest BCUT2D eigenvalue weighted by molar-refractivity contribution is -0.130. The van der Waals surface area contributed by atoms with Gasteiger partial charge < -0.3 is 16.0 Å². The Morgan fingerprint density at radius 1 is 1.37 bits per heavy atom. The van der Waals surface area contributed by atoms with Crippen LogP contribution in [0.1, 0.15) is 13.8 Å². The van der Waals surface area contributed by atoms with Gasteiger partial charge in [0.1, 0.15) is 0 Å². The van der Waals surface area contributed by atoms with Gasteiger partial charge in [0.25, 0.3) is 0 Å². The van der Waals surface area contributed by atoms with Gasteiger partial charge in [-0.25, -0.2) is 0 Å². The third kappa shape index (κ3) is 7.44. The van der Waals surface area contributed by atoms with E-state index in [4.69, 9.17) is 12.2 Å². The van der Waals surface area contributed by atoms with Crippen molar-refractivity contribution in [3.05, 3.63) is 0 Å². The zero-order chi connectivity index (χ0) is 15.1. The first-order valence-corrected chi connectivity index (χ1v) is 6.11. The van der Waals surface area contributed by atoms with Gasteiger partial charge in [-0.3, -0.25) is 14.5 Å². The fourth-order valence-electron chi connectivity index (χ4n) is 1.24. The van der Waals surface area contributed by atoms with Crippen molar-refractivity contribution in [2.75, 3.05) is 40.3 Å². The molecule has 2 amide bonds. The summed E-state index contributed by atoms with van der Waals surface area (Å²) in [6.07, 6.45) is 5.14. The third-order valence-electron chi connectivity index (χ3n) is 2.52. The van der Waals surface area contributed by atoms with Gasteiger partial charge in [0, 0.05) is 20.1 Å². The van der Waals surface area contributed by atoms with E-state index >= 15 is 0 Å². The Labute approximate surface area is 115 Å². The summed E-state index contributed by atoms with van der Waals surface area (Å²) in [4.78, 5) is 26.5. The second-order valence-electron chi connectivity index (χ2n) is 5.17. The molecule has 3 N–H and O–H groups in total. The SMILES string of the molecule is C#CCN(C)C(=O)CN(C)CCNC(=O)C(C)(C)N. The molecule has 0 bridgehead atoms. The van der Waals surface area contributed by atoms with E-state index in [0.29, 0.717) is 19.6 Å². The van der Waals surface area contributed by atoms with Gasteiger partial charge >= 0.3 is 0 Å². The van der Waals surface area contributed by atoms with Crippen molar-refractivity contribution < 1.29 is 9.59 Å². The standard InChI is InChI=1S/C13H24N4O2/c1-6-8-17(5)11(18)10-16(4)9-7-15-12(19)13(2,3)14/h1H,7-10,14H2,2-5H3,(H,15,19). The van der Waals surface area contributed by atoms with E-state index in [9.17, 15) is 9.59 Å². The summed E-state index contributed by atoms with van der Waals surface area (Å²) >= 11 is 0. The Kier molecular flexibility index (Phi) is 7.12. The molecule has 0 aromatic carbocycles. The highest BCUT2D eigenvalue weighted by Gasteiger charge is 2.21. The number of nitrogens with two attached hydrogens (primary N) is 1. The van der Waals surface area contributed by atoms with Crippen LogP contribution in [0.25, 0.3) is 0 Å². The van der Waals surface area contributed by atoms with Crippen molar-refractivity contribution in [2.45, 2.75) is 19.4 Å². The van der Waals surface area contributed by atoms with Crippen molar-refractivity contribution in [3.63, 3.8) is 0 Å². The molecule has 0 spiro atoms. The zero-order valence-corrected chi connectivity index (χ0v) is 12.2. The van der Waals surface area contributed by atoms with Gasteiger partial charge in [0.05, 0.1) is 18.6 Å². The molecule has 0 aliphatic heterocycles. The fraction of sp³-hybridized carbons (Fsp3) is 0.692. The van der Waals surface area contributed by atoms with Gasteiger partial charge in [0.2, 0.25) is 11.8 Å². The summed E-state index contributed by atoms with van der Waals surface area (Å²) in [5.41, 5.74) is 4.76. The fourth-order valence-corrected chi connectivity index (χ4v) is 1.24. The monoisotopic (exact) mass is 268 g/mol. The molecule has 0 fully saturated rings. The van der Waals surface area contributed by atoms with Crippen molar-refractivity contribution in [1.29, 1.82) is 0 Å². The lowest BCUT2D eigenvalue weighted by Crippen LogP contribution is -2.50. The summed E-state index contributed by atoms with van der Waals surface area (Å²) in [6, 6.07) is 0. The molecule has 0 aliphatic carbocycles. The number of nitrogens with one attached hydrogen (secondary N) is 1. The number of carbonyl (C=O) groups is 2. The molecule has 0 aromatic heterocycles. The predicted molar refractivity (Wildman–Crippen MR) is 75.2 cm³/mol. The average Bonchev–Trinajstić information content (AvgIpc) is 2.27. The number of amides is 2. The molecule has 0 aromatic rings. The maximum atomic E-state index is 11.7. The molecular formula is C13H24N4O2. The minimum absolute atomic E-state index is 0.0501. The van der Waals surface area contributed by atoms with Crippen molar-refractivity contribution in [1.82, 2.24) is 15.1 Å². The highest BCUT2D eigenvalue weighted by Crippen LogP contribution is 1.95.